The van der Waals surface area contributed by atoms with Crippen LogP contribution in [0.4, 0.5) is 13.2 Å². The highest BCUT2D eigenvalue weighted by molar-refractivity contribution is 5.55. The number of rotatable bonds is 7. The first kappa shape index (κ1) is 21.0. The van der Waals surface area contributed by atoms with Crippen LogP contribution in [-0.2, 0) is 18.6 Å². The van der Waals surface area contributed by atoms with E-state index >= 15 is 0 Å². The van der Waals surface area contributed by atoms with Gasteiger partial charge < -0.3 is 9.64 Å². The zero-order chi connectivity index (χ0) is 22.3. The van der Waals surface area contributed by atoms with Crippen LogP contribution in [0.2, 0.25) is 0 Å². The molecule has 2 aromatic carbocycles. The van der Waals surface area contributed by atoms with Gasteiger partial charge >= 0.3 is 12.2 Å². The van der Waals surface area contributed by atoms with Gasteiger partial charge in [0.1, 0.15) is 0 Å². The first-order chi connectivity index (χ1) is 15.4. The average molecular weight is 442 g/mol. The Morgan fingerprint density at radius 3 is 2.53 bits per heavy atom. The van der Waals surface area contributed by atoms with Crippen LogP contribution >= 0.6 is 0 Å². The van der Waals surface area contributed by atoms with Crippen molar-refractivity contribution in [3.8, 4) is 17.4 Å². The molecule has 1 aliphatic heterocycles. The summed E-state index contributed by atoms with van der Waals surface area (Å²) in [4.78, 5) is 2.39. The highest BCUT2D eigenvalue weighted by Gasteiger charge is 2.60. The van der Waals surface area contributed by atoms with Gasteiger partial charge in [-0.05, 0) is 36.5 Å². The summed E-state index contributed by atoms with van der Waals surface area (Å²) in [7, 11) is 1.89. The van der Waals surface area contributed by atoms with Gasteiger partial charge in [0, 0.05) is 37.7 Å². The van der Waals surface area contributed by atoms with E-state index in [1.54, 1.807) is 12.1 Å². The lowest BCUT2D eigenvalue weighted by Crippen LogP contribution is -2.28. The van der Waals surface area contributed by atoms with Crippen molar-refractivity contribution in [1.29, 1.82) is 0 Å². The van der Waals surface area contributed by atoms with E-state index in [4.69, 9.17) is 4.74 Å². The topological polar surface area (TPSA) is 43.2 Å². The van der Waals surface area contributed by atoms with E-state index in [9.17, 15) is 13.2 Å². The van der Waals surface area contributed by atoms with Crippen molar-refractivity contribution in [1.82, 2.24) is 19.7 Å². The molecule has 5 nitrogen and oxygen atoms in total. The second kappa shape index (κ2) is 7.92. The quantitative estimate of drug-likeness (QED) is 0.504. The summed E-state index contributed by atoms with van der Waals surface area (Å²) in [5, 5.41) is 8.38. The minimum absolute atomic E-state index is 0.0269. The lowest BCUT2D eigenvalue weighted by atomic mass is 9.94. The highest BCUT2D eigenvalue weighted by atomic mass is 19.4. The minimum Gasteiger partial charge on any atom is -0.464 e. The highest BCUT2D eigenvalue weighted by Crippen LogP contribution is 2.59. The first-order valence-electron chi connectivity index (χ1n) is 10.8. The minimum atomic E-state index is -4.29. The van der Waals surface area contributed by atoms with Crippen LogP contribution in [0.25, 0.3) is 11.4 Å². The van der Waals surface area contributed by atoms with Crippen LogP contribution in [0, 0.1) is 5.92 Å². The number of aromatic nitrogens is 3. The van der Waals surface area contributed by atoms with Gasteiger partial charge in [0.15, 0.2) is 5.82 Å². The fourth-order valence-corrected chi connectivity index (χ4v) is 4.93. The Balaban J connectivity index is 1.12. The molecular formula is C24H25F3N4O. The number of hydrogen-bond donors (Lipinski definition) is 0. The number of piperidine rings is 1. The SMILES string of the molecule is Cn1c(OCCCN2C[C@@H]3CC3(c3ccc(C(F)(F)F)cc3)C2)nnc1-c1ccccc1. The summed E-state index contributed by atoms with van der Waals surface area (Å²) in [6.45, 7) is 3.31. The van der Waals surface area contributed by atoms with Gasteiger partial charge in [-0.1, -0.05) is 47.6 Å². The second-order valence-corrected chi connectivity index (χ2v) is 8.80. The molecule has 0 spiro atoms. The van der Waals surface area contributed by atoms with E-state index in [2.05, 4.69) is 15.1 Å². The number of halogens is 3. The van der Waals surface area contributed by atoms with Crippen molar-refractivity contribution < 1.29 is 17.9 Å². The molecule has 5 rings (SSSR count). The monoisotopic (exact) mass is 442 g/mol. The fraction of sp³-hybridized carbons (Fsp3) is 0.417. The van der Waals surface area contributed by atoms with Crippen LogP contribution in [-0.4, -0.2) is 45.9 Å². The van der Waals surface area contributed by atoms with Gasteiger partial charge in [-0.2, -0.15) is 13.2 Å². The smallest absolute Gasteiger partial charge is 0.416 e. The molecule has 0 amide bonds. The van der Waals surface area contributed by atoms with Crippen molar-refractivity contribution in [3.05, 3.63) is 65.7 Å². The Hall–Kier alpha value is -2.87. The van der Waals surface area contributed by atoms with E-state index in [-0.39, 0.29) is 5.41 Å². The number of benzene rings is 2. The molecule has 2 aliphatic rings. The molecule has 1 aromatic heterocycles. The zero-order valence-corrected chi connectivity index (χ0v) is 17.8. The molecule has 0 radical (unpaired) electrons. The van der Waals surface area contributed by atoms with Crippen molar-refractivity contribution >= 4 is 0 Å². The molecule has 1 saturated heterocycles. The van der Waals surface area contributed by atoms with Gasteiger partial charge in [0.25, 0.3) is 0 Å². The third-order valence-corrected chi connectivity index (χ3v) is 6.72. The molecule has 0 N–H and O–H groups in total. The van der Waals surface area contributed by atoms with Gasteiger partial charge in [-0.25, -0.2) is 0 Å². The molecule has 1 unspecified atom stereocenters. The van der Waals surface area contributed by atoms with Gasteiger partial charge in [0.05, 0.1) is 12.2 Å². The van der Waals surface area contributed by atoms with Crippen LogP contribution < -0.4 is 4.74 Å². The van der Waals surface area contributed by atoms with Crippen molar-refractivity contribution in [2.45, 2.75) is 24.4 Å². The third kappa shape index (κ3) is 3.88. The van der Waals surface area contributed by atoms with Crippen LogP contribution in [0.3, 0.4) is 0 Å². The summed E-state index contributed by atoms with van der Waals surface area (Å²) in [6.07, 6.45) is -2.37. The van der Waals surface area contributed by atoms with Crippen LogP contribution in [0.1, 0.15) is 24.0 Å². The second-order valence-electron chi connectivity index (χ2n) is 8.80. The summed E-state index contributed by atoms with van der Waals surface area (Å²) in [5.74, 6) is 1.30. The standard InChI is InChI=1S/C24H25F3N4O/c1-30-21(17-6-3-2-4-7-17)28-29-22(30)32-13-5-12-31-15-20-14-23(20,16-31)18-8-10-19(11-9-18)24(25,26)27/h2-4,6-11,20H,5,12-16H2,1H3/t20-,23?/m0/s1. The maximum atomic E-state index is 12.8. The van der Waals surface area contributed by atoms with Crippen LogP contribution in [0.15, 0.2) is 54.6 Å². The lowest BCUT2D eigenvalue weighted by molar-refractivity contribution is -0.137. The van der Waals surface area contributed by atoms with E-state index < -0.39 is 11.7 Å². The maximum Gasteiger partial charge on any atom is 0.416 e. The number of likely N-dealkylation sites (tertiary alicyclic amines) is 1. The third-order valence-electron chi connectivity index (χ3n) is 6.72. The number of fused-ring (bicyclic) bond motifs is 1. The van der Waals surface area contributed by atoms with Gasteiger partial charge in [0.2, 0.25) is 0 Å². The Morgan fingerprint density at radius 1 is 1.06 bits per heavy atom. The van der Waals surface area contributed by atoms with E-state index in [1.807, 2.05) is 41.9 Å². The number of nitrogens with zero attached hydrogens (tertiary/aromatic N) is 4. The molecule has 3 aromatic rings. The van der Waals surface area contributed by atoms with E-state index in [0.717, 1.165) is 49.4 Å². The average Bonchev–Trinajstić information content (AvgIpc) is 3.16. The fourth-order valence-electron chi connectivity index (χ4n) is 4.93. The Bertz CT molecular complexity index is 1080. The summed E-state index contributed by atoms with van der Waals surface area (Å²) < 4.78 is 46.2. The summed E-state index contributed by atoms with van der Waals surface area (Å²) >= 11 is 0. The normalized spacial score (nSPS) is 22.7. The molecule has 2 fully saturated rings. The Labute approximate surface area is 184 Å². The van der Waals surface area contributed by atoms with E-state index in [1.165, 1.54) is 12.1 Å². The van der Waals surface area contributed by atoms with Crippen LogP contribution in [0.5, 0.6) is 6.01 Å². The Kier molecular flexibility index (Phi) is 5.20. The maximum absolute atomic E-state index is 12.8. The molecule has 2 atom stereocenters. The predicted octanol–water partition coefficient (Wildman–Crippen LogP) is 4.54. The number of alkyl halides is 3. The zero-order valence-electron chi connectivity index (χ0n) is 17.8. The summed E-state index contributed by atoms with van der Waals surface area (Å²) in [5.41, 5.74) is 1.46. The molecular weight excluding hydrogens is 417 g/mol. The molecule has 168 valence electrons. The molecule has 8 heteroatoms. The summed E-state index contributed by atoms with van der Waals surface area (Å²) in [6, 6.07) is 16.1. The lowest BCUT2D eigenvalue weighted by Gasteiger charge is -2.21. The number of ether oxygens (including phenoxy) is 1. The van der Waals surface area contributed by atoms with Gasteiger partial charge in [-0.3, -0.25) is 4.57 Å². The molecule has 1 saturated carbocycles. The first-order valence-corrected chi connectivity index (χ1v) is 10.8. The molecule has 2 heterocycles. The van der Waals surface area contributed by atoms with Gasteiger partial charge in [-0.15, -0.1) is 5.10 Å². The number of hydrogen-bond acceptors (Lipinski definition) is 4. The molecule has 0 bridgehead atoms. The van der Waals surface area contributed by atoms with E-state index in [0.29, 0.717) is 18.5 Å². The molecule has 1 aliphatic carbocycles. The van der Waals surface area contributed by atoms with Crippen molar-refractivity contribution in [2.75, 3.05) is 26.2 Å². The molecule has 32 heavy (non-hydrogen) atoms. The Morgan fingerprint density at radius 2 is 1.81 bits per heavy atom. The predicted molar refractivity (Wildman–Crippen MR) is 114 cm³/mol. The van der Waals surface area contributed by atoms with Crippen molar-refractivity contribution in [2.24, 2.45) is 13.0 Å². The van der Waals surface area contributed by atoms with Crippen molar-refractivity contribution in [3.63, 3.8) is 0 Å². The largest absolute Gasteiger partial charge is 0.464 e.